The van der Waals surface area contributed by atoms with Crippen molar-refractivity contribution >= 4 is 17.1 Å². The standard InChI is InChI=1S/C12H10N4O2/c13-11-2-1-9(16(17)18)7-10(11)12(14)8-3-5-15-6-4-8/h1-7,14H,13H2. The lowest BCUT2D eigenvalue weighted by molar-refractivity contribution is -0.384. The SMILES string of the molecule is N=C(c1ccncc1)c1cc([N+](=O)[O-])ccc1N. The molecule has 6 heteroatoms. The number of anilines is 1. The normalized spacial score (nSPS) is 10.0. The van der Waals surface area contributed by atoms with E-state index in [9.17, 15) is 10.1 Å². The molecule has 0 bridgehead atoms. The van der Waals surface area contributed by atoms with E-state index in [1.807, 2.05) is 0 Å². The molecule has 0 saturated heterocycles. The highest BCUT2D eigenvalue weighted by Gasteiger charge is 2.13. The van der Waals surface area contributed by atoms with Gasteiger partial charge >= 0.3 is 0 Å². The van der Waals surface area contributed by atoms with Gasteiger partial charge in [0, 0.05) is 41.3 Å². The molecule has 0 unspecified atom stereocenters. The molecule has 0 aliphatic rings. The molecular weight excluding hydrogens is 232 g/mol. The first-order valence-electron chi connectivity index (χ1n) is 5.13. The van der Waals surface area contributed by atoms with Crippen LogP contribution in [0.25, 0.3) is 0 Å². The highest BCUT2D eigenvalue weighted by atomic mass is 16.6. The number of nitrogens with zero attached hydrogens (tertiary/aromatic N) is 2. The molecule has 90 valence electrons. The fourth-order valence-corrected chi connectivity index (χ4v) is 1.55. The van der Waals surface area contributed by atoms with Crippen LogP contribution in [0.1, 0.15) is 11.1 Å². The minimum absolute atomic E-state index is 0.0852. The zero-order valence-electron chi connectivity index (χ0n) is 9.33. The van der Waals surface area contributed by atoms with Crippen molar-refractivity contribution in [1.29, 1.82) is 5.41 Å². The highest BCUT2D eigenvalue weighted by Crippen LogP contribution is 2.22. The number of nitro benzene ring substituents is 1. The van der Waals surface area contributed by atoms with Gasteiger partial charge in [0.2, 0.25) is 0 Å². The number of hydrogen-bond acceptors (Lipinski definition) is 5. The second-order valence-corrected chi connectivity index (χ2v) is 3.64. The Morgan fingerprint density at radius 3 is 2.56 bits per heavy atom. The lowest BCUT2D eigenvalue weighted by atomic mass is 10.0. The topological polar surface area (TPSA) is 106 Å². The van der Waals surface area contributed by atoms with Crippen LogP contribution in [-0.2, 0) is 0 Å². The van der Waals surface area contributed by atoms with Crippen molar-refractivity contribution in [2.75, 3.05) is 5.73 Å². The first-order chi connectivity index (χ1) is 8.59. The van der Waals surface area contributed by atoms with E-state index in [1.54, 1.807) is 24.5 Å². The Labute approximate surface area is 103 Å². The van der Waals surface area contributed by atoms with Crippen molar-refractivity contribution in [3.63, 3.8) is 0 Å². The summed E-state index contributed by atoms with van der Waals surface area (Å²) in [7, 11) is 0. The molecule has 6 nitrogen and oxygen atoms in total. The third kappa shape index (κ3) is 2.17. The summed E-state index contributed by atoms with van der Waals surface area (Å²) in [6.07, 6.45) is 3.11. The van der Waals surface area contributed by atoms with Gasteiger partial charge in [0.1, 0.15) is 0 Å². The first-order valence-corrected chi connectivity index (χ1v) is 5.13. The summed E-state index contributed by atoms with van der Waals surface area (Å²) in [6, 6.07) is 7.36. The van der Waals surface area contributed by atoms with Crippen molar-refractivity contribution in [2.45, 2.75) is 0 Å². The molecule has 1 heterocycles. The molecule has 0 amide bonds. The zero-order chi connectivity index (χ0) is 13.1. The number of aromatic nitrogens is 1. The highest BCUT2D eigenvalue weighted by molar-refractivity contribution is 6.14. The molecule has 1 aromatic carbocycles. The van der Waals surface area contributed by atoms with Gasteiger partial charge in [-0.1, -0.05) is 0 Å². The Kier molecular flexibility index (Phi) is 3.01. The fourth-order valence-electron chi connectivity index (χ4n) is 1.55. The van der Waals surface area contributed by atoms with Crippen molar-refractivity contribution in [1.82, 2.24) is 4.98 Å². The summed E-state index contributed by atoms with van der Waals surface area (Å²) >= 11 is 0. The van der Waals surface area contributed by atoms with Gasteiger partial charge in [0.05, 0.1) is 10.6 Å². The lowest BCUT2D eigenvalue weighted by Crippen LogP contribution is -2.06. The van der Waals surface area contributed by atoms with E-state index in [1.165, 1.54) is 18.2 Å². The summed E-state index contributed by atoms with van der Waals surface area (Å²) in [4.78, 5) is 14.1. The summed E-state index contributed by atoms with van der Waals surface area (Å²) < 4.78 is 0. The molecular formula is C12H10N4O2. The average molecular weight is 242 g/mol. The van der Waals surface area contributed by atoms with Gasteiger partial charge in [-0.2, -0.15) is 0 Å². The molecule has 0 radical (unpaired) electrons. The number of nitrogen functional groups attached to an aromatic ring is 1. The average Bonchev–Trinajstić information content (AvgIpc) is 2.39. The van der Waals surface area contributed by atoms with Crippen molar-refractivity contribution < 1.29 is 4.92 Å². The number of benzene rings is 1. The maximum atomic E-state index is 10.7. The van der Waals surface area contributed by atoms with Crippen molar-refractivity contribution in [2.24, 2.45) is 0 Å². The number of nitro groups is 1. The molecule has 0 saturated carbocycles. The molecule has 18 heavy (non-hydrogen) atoms. The van der Waals surface area contributed by atoms with E-state index >= 15 is 0 Å². The van der Waals surface area contributed by atoms with Crippen LogP contribution < -0.4 is 5.73 Å². The Morgan fingerprint density at radius 2 is 1.94 bits per heavy atom. The van der Waals surface area contributed by atoms with Crippen LogP contribution in [0.15, 0.2) is 42.7 Å². The number of nitrogens with one attached hydrogen (secondary N) is 1. The number of non-ortho nitro benzene ring substituents is 1. The predicted octanol–water partition coefficient (Wildman–Crippen LogP) is 1.99. The van der Waals surface area contributed by atoms with Crippen LogP contribution in [0.3, 0.4) is 0 Å². The zero-order valence-corrected chi connectivity index (χ0v) is 9.33. The second-order valence-electron chi connectivity index (χ2n) is 3.64. The van der Waals surface area contributed by atoms with E-state index in [2.05, 4.69) is 4.98 Å². The van der Waals surface area contributed by atoms with Crippen LogP contribution in [-0.4, -0.2) is 15.6 Å². The Balaban J connectivity index is 2.48. The largest absolute Gasteiger partial charge is 0.398 e. The Morgan fingerprint density at radius 1 is 1.28 bits per heavy atom. The molecule has 0 fully saturated rings. The second kappa shape index (κ2) is 4.62. The van der Waals surface area contributed by atoms with Gasteiger partial charge < -0.3 is 5.73 Å². The molecule has 2 aromatic rings. The predicted molar refractivity (Wildman–Crippen MR) is 67.7 cm³/mol. The van der Waals surface area contributed by atoms with Crippen LogP contribution >= 0.6 is 0 Å². The van der Waals surface area contributed by atoms with Crippen molar-refractivity contribution in [3.05, 3.63) is 64.0 Å². The molecule has 1 aromatic heterocycles. The first kappa shape index (κ1) is 11.7. The van der Waals surface area contributed by atoms with E-state index in [0.29, 0.717) is 16.8 Å². The van der Waals surface area contributed by atoms with E-state index in [0.717, 1.165) is 0 Å². The van der Waals surface area contributed by atoms with Gasteiger partial charge in [-0.3, -0.25) is 20.5 Å². The summed E-state index contributed by atoms with van der Waals surface area (Å²) in [6.45, 7) is 0. The number of pyridine rings is 1. The van der Waals surface area contributed by atoms with Gasteiger partial charge in [0.15, 0.2) is 0 Å². The third-order valence-corrected chi connectivity index (χ3v) is 2.49. The van der Waals surface area contributed by atoms with Gasteiger partial charge in [-0.25, -0.2) is 0 Å². The maximum Gasteiger partial charge on any atom is 0.270 e. The van der Waals surface area contributed by atoms with Crippen LogP contribution in [0.5, 0.6) is 0 Å². The monoisotopic (exact) mass is 242 g/mol. The van der Waals surface area contributed by atoms with Gasteiger partial charge in [0.25, 0.3) is 5.69 Å². The number of hydrogen-bond donors (Lipinski definition) is 2. The fraction of sp³-hybridized carbons (Fsp3) is 0. The lowest BCUT2D eigenvalue weighted by Gasteiger charge is -2.07. The van der Waals surface area contributed by atoms with Crippen LogP contribution in [0, 0.1) is 15.5 Å². The van der Waals surface area contributed by atoms with E-state index in [-0.39, 0.29) is 11.4 Å². The van der Waals surface area contributed by atoms with Crippen LogP contribution in [0.4, 0.5) is 11.4 Å². The summed E-state index contributed by atoms with van der Waals surface area (Å²) in [5.41, 5.74) is 7.09. The third-order valence-electron chi connectivity index (χ3n) is 2.49. The Hall–Kier alpha value is -2.76. The molecule has 0 atom stereocenters. The van der Waals surface area contributed by atoms with E-state index in [4.69, 9.17) is 11.1 Å². The van der Waals surface area contributed by atoms with Gasteiger partial charge in [-0.15, -0.1) is 0 Å². The number of nitrogens with two attached hydrogens (primary N) is 1. The molecule has 3 N–H and O–H groups in total. The minimum Gasteiger partial charge on any atom is -0.398 e. The molecule has 0 aliphatic carbocycles. The van der Waals surface area contributed by atoms with Crippen LogP contribution in [0.2, 0.25) is 0 Å². The summed E-state index contributed by atoms with van der Waals surface area (Å²) in [5, 5.41) is 18.7. The number of rotatable bonds is 3. The smallest absolute Gasteiger partial charge is 0.270 e. The molecule has 0 spiro atoms. The Bertz CT molecular complexity index is 611. The molecule has 2 rings (SSSR count). The molecule has 0 aliphatic heterocycles. The van der Waals surface area contributed by atoms with E-state index < -0.39 is 4.92 Å². The minimum atomic E-state index is -0.511. The van der Waals surface area contributed by atoms with Gasteiger partial charge in [-0.05, 0) is 18.2 Å². The maximum absolute atomic E-state index is 10.7. The summed E-state index contributed by atoms with van der Waals surface area (Å²) in [5.74, 6) is 0. The quantitative estimate of drug-likeness (QED) is 0.371. The van der Waals surface area contributed by atoms with Crippen molar-refractivity contribution in [3.8, 4) is 0 Å².